The molecule has 0 bridgehead atoms. The smallest absolute Gasteiger partial charge is 0.223 e. The quantitative estimate of drug-likeness (QED) is 0.841. The van der Waals surface area contributed by atoms with Crippen LogP contribution in [-0.2, 0) is 11.3 Å². The van der Waals surface area contributed by atoms with E-state index in [0.717, 1.165) is 31.5 Å². The molecule has 0 aromatic heterocycles. The number of aryl methyl sites for hydroxylation is 2. The first kappa shape index (κ1) is 19.6. The van der Waals surface area contributed by atoms with Crippen LogP contribution in [0.3, 0.4) is 0 Å². The first-order valence-corrected chi connectivity index (χ1v) is 9.77. The monoisotopic (exact) mass is 368 g/mol. The maximum atomic E-state index is 13.8. The molecule has 0 saturated carbocycles. The number of likely N-dealkylation sites (tertiary alicyclic amines) is 1. The lowest BCUT2D eigenvalue weighted by Crippen LogP contribution is -2.41. The molecule has 1 saturated heterocycles. The van der Waals surface area contributed by atoms with E-state index in [-0.39, 0.29) is 23.7 Å². The van der Waals surface area contributed by atoms with Crippen LogP contribution in [0.5, 0.6) is 0 Å². The Bertz CT molecular complexity index is 797. The van der Waals surface area contributed by atoms with Crippen LogP contribution in [0.1, 0.15) is 48.1 Å². The van der Waals surface area contributed by atoms with Gasteiger partial charge in [0.05, 0.1) is 6.04 Å². The molecule has 1 atom stereocenters. The molecule has 1 aliphatic rings. The van der Waals surface area contributed by atoms with Crippen LogP contribution < -0.4 is 5.32 Å². The van der Waals surface area contributed by atoms with Gasteiger partial charge in [-0.25, -0.2) is 4.39 Å². The molecule has 1 amide bonds. The molecule has 2 aromatic rings. The van der Waals surface area contributed by atoms with E-state index in [9.17, 15) is 9.18 Å². The van der Waals surface area contributed by atoms with Crippen LogP contribution >= 0.6 is 0 Å². The third-order valence-corrected chi connectivity index (χ3v) is 5.56. The fourth-order valence-corrected chi connectivity index (χ4v) is 3.94. The highest BCUT2D eigenvalue weighted by Crippen LogP contribution is 2.23. The van der Waals surface area contributed by atoms with Gasteiger partial charge in [0.25, 0.3) is 0 Å². The molecule has 4 heteroatoms. The van der Waals surface area contributed by atoms with Crippen molar-refractivity contribution in [2.75, 3.05) is 13.1 Å². The highest BCUT2D eigenvalue weighted by molar-refractivity contribution is 5.79. The third kappa shape index (κ3) is 4.95. The molecule has 1 N–H and O–H groups in total. The highest BCUT2D eigenvalue weighted by atomic mass is 19.1. The molecule has 0 spiro atoms. The maximum Gasteiger partial charge on any atom is 0.223 e. The zero-order chi connectivity index (χ0) is 19.4. The number of amides is 1. The Morgan fingerprint density at radius 3 is 2.56 bits per heavy atom. The minimum atomic E-state index is -0.153. The average molecular weight is 368 g/mol. The molecule has 2 aromatic carbocycles. The van der Waals surface area contributed by atoms with E-state index in [1.165, 1.54) is 22.8 Å². The highest BCUT2D eigenvalue weighted by Gasteiger charge is 2.26. The maximum absolute atomic E-state index is 13.8. The lowest BCUT2D eigenvalue weighted by molar-refractivity contribution is -0.127. The van der Waals surface area contributed by atoms with Gasteiger partial charge >= 0.3 is 0 Å². The van der Waals surface area contributed by atoms with Gasteiger partial charge < -0.3 is 5.32 Å². The van der Waals surface area contributed by atoms with Crippen LogP contribution in [0, 0.1) is 25.6 Å². The molecular weight excluding hydrogens is 339 g/mol. The number of nitrogens with one attached hydrogen (secondary N) is 1. The van der Waals surface area contributed by atoms with Crippen molar-refractivity contribution in [2.45, 2.75) is 46.2 Å². The van der Waals surface area contributed by atoms with Crippen molar-refractivity contribution in [1.82, 2.24) is 10.2 Å². The lowest BCUT2D eigenvalue weighted by atomic mass is 9.94. The molecule has 144 valence electrons. The van der Waals surface area contributed by atoms with E-state index in [1.807, 2.05) is 19.1 Å². The number of halogens is 1. The Morgan fingerprint density at radius 1 is 1.19 bits per heavy atom. The lowest BCUT2D eigenvalue weighted by Gasteiger charge is -2.32. The van der Waals surface area contributed by atoms with Crippen LogP contribution in [0.15, 0.2) is 42.5 Å². The molecule has 27 heavy (non-hydrogen) atoms. The zero-order valence-electron chi connectivity index (χ0n) is 16.5. The average Bonchev–Trinajstić information content (AvgIpc) is 2.64. The van der Waals surface area contributed by atoms with Crippen molar-refractivity contribution in [2.24, 2.45) is 5.92 Å². The number of carbonyl (C=O) groups is 1. The van der Waals surface area contributed by atoms with Gasteiger partial charge in [-0.15, -0.1) is 0 Å². The van der Waals surface area contributed by atoms with E-state index >= 15 is 0 Å². The molecule has 1 heterocycles. The van der Waals surface area contributed by atoms with Crippen molar-refractivity contribution in [3.8, 4) is 0 Å². The summed E-state index contributed by atoms with van der Waals surface area (Å²) in [5.41, 5.74) is 4.34. The minimum absolute atomic E-state index is 0.00884. The summed E-state index contributed by atoms with van der Waals surface area (Å²) in [6.45, 7) is 8.47. The Kier molecular flexibility index (Phi) is 6.27. The number of benzene rings is 2. The zero-order valence-corrected chi connectivity index (χ0v) is 16.5. The summed E-state index contributed by atoms with van der Waals surface area (Å²) < 4.78 is 13.8. The second kappa shape index (κ2) is 8.66. The predicted molar refractivity (Wildman–Crippen MR) is 107 cm³/mol. The van der Waals surface area contributed by atoms with Crippen molar-refractivity contribution >= 4 is 5.91 Å². The Hall–Kier alpha value is -2.20. The summed E-state index contributed by atoms with van der Waals surface area (Å²) >= 11 is 0. The van der Waals surface area contributed by atoms with E-state index in [1.54, 1.807) is 6.07 Å². The number of piperidine rings is 1. The second-order valence-electron chi connectivity index (χ2n) is 7.73. The number of rotatable bonds is 5. The number of carbonyl (C=O) groups excluding carboxylic acids is 1. The first-order valence-electron chi connectivity index (χ1n) is 9.77. The van der Waals surface area contributed by atoms with Crippen molar-refractivity contribution < 1.29 is 9.18 Å². The standard InChI is InChI=1S/C23H29FN2O/c1-16-8-9-21(17(2)14-16)18(3)25-23(27)19-10-12-26(13-11-19)15-20-6-4-5-7-22(20)24/h4-9,14,18-19H,10-13,15H2,1-3H3,(H,25,27). The normalized spacial score (nSPS) is 16.9. The summed E-state index contributed by atoms with van der Waals surface area (Å²) in [5.74, 6) is 0.0164. The number of hydrogen-bond donors (Lipinski definition) is 1. The molecular formula is C23H29FN2O. The van der Waals surface area contributed by atoms with Gasteiger partial charge in [0, 0.05) is 18.0 Å². The number of hydrogen-bond acceptors (Lipinski definition) is 2. The Morgan fingerprint density at radius 2 is 1.89 bits per heavy atom. The van der Waals surface area contributed by atoms with Crippen LogP contribution in [0.4, 0.5) is 4.39 Å². The largest absolute Gasteiger partial charge is 0.349 e. The molecule has 0 radical (unpaired) electrons. The van der Waals surface area contributed by atoms with Gasteiger partial charge in [-0.05, 0) is 63.9 Å². The SMILES string of the molecule is Cc1ccc(C(C)NC(=O)C2CCN(Cc3ccccc3F)CC2)c(C)c1. The van der Waals surface area contributed by atoms with Gasteiger partial charge in [0.1, 0.15) is 5.82 Å². The summed E-state index contributed by atoms with van der Waals surface area (Å²) in [7, 11) is 0. The third-order valence-electron chi connectivity index (χ3n) is 5.56. The molecule has 3 rings (SSSR count). The van der Waals surface area contributed by atoms with E-state index < -0.39 is 0 Å². The molecule has 0 aliphatic carbocycles. The van der Waals surface area contributed by atoms with Gasteiger partial charge in [-0.2, -0.15) is 0 Å². The molecule has 1 unspecified atom stereocenters. The van der Waals surface area contributed by atoms with Gasteiger partial charge in [0.15, 0.2) is 0 Å². The van der Waals surface area contributed by atoms with Crippen LogP contribution in [-0.4, -0.2) is 23.9 Å². The summed E-state index contributed by atoms with van der Waals surface area (Å²) in [5, 5.41) is 3.18. The summed E-state index contributed by atoms with van der Waals surface area (Å²) in [6.07, 6.45) is 1.64. The Labute approximate surface area is 161 Å². The Balaban J connectivity index is 1.51. The van der Waals surface area contributed by atoms with Crippen LogP contribution in [0.25, 0.3) is 0 Å². The van der Waals surface area contributed by atoms with E-state index in [4.69, 9.17) is 0 Å². The molecule has 3 nitrogen and oxygen atoms in total. The van der Waals surface area contributed by atoms with Crippen molar-refractivity contribution in [1.29, 1.82) is 0 Å². The van der Waals surface area contributed by atoms with Gasteiger partial charge in [-0.3, -0.25) is 9.69 Å². The number of nitrogens with zero attached hydrogens (tertiary/aromatic N) is 1. The summed E-state index contributed by atoms with van der Waals surface area (Å²) in [6, 6.07) is 13.3. The van der Waals surface area contributed by atoms with Crippen molar-refractivity contribution in [3.63, 3.8) is 0 Å². The molecule has 1 fully saturated rings. The fraction of sp³-hybridized carbons (Fsp3) is 0.435. The predicted octanol–water partition coefficient (Wildman–Crippen LogP) is 4.53. The van der Waals surface area contributed by atoms with Crippen LogP contribution in [0.2, 0.25) is 0 Å². The second-order valence-corrected chi connectivity index (χ2v) is 7.73. The molecule has 1 aliphatic heterocycles. The van der Waals surface area contributed by atoms with Gasteiger partial charge in [0.2, 0.25) is 5.91 Å². The van der Waals surface area contributed by atoms with Crippen molar-refractivity contribution in [3.05, 3.63) is 70.5 Å². The van der Waals surface area contributed by atoms with E-state index in [0.29, 0.717) is 6.54 Å². The first-order chi connectivity index (χ1) is 12.9. The van der Waals surface area contributed by atoms with Gasteiger partial charge in [-0.1, -0.05) is 42.0 Å². The topological polar surface area (TPSA) is 32.3 Å². The minimum Gasteiger partial charge on any atom is -0.349 e. The fourth-order valence-electron chi connectivity index (χ4n) is 3.94. The summed E-state index contributed by atoms with van der Waals surface area (Å²) in [4.78, 5) is 14.9. The van der Waals surface area contributed by atoms with E-state index in [2.05, 4.69) is 42.3 Å².